The summed E-state index contributed by atoms with van der Waals surface area (Å²) in [6.07, 6.45) is 3.75. The molecule has 0 spiro atoms. The van der Waals surface area contributed by atoms with Crippen molar-refractivity contribution in [3.8, 4) is 0 Å². The number of non-ortho nitro benzene ring substituents is 1. The van der Waals surface area contributed by atoms with Crippen LogP contribution in [-0.2, 0) is 7.05 Å². The van der Waals surface area contributed by atoms with E-state index in [4.69, 9.17) is 0 Å². The van der Waals surface area contributed by atoms with Crippen LogP contribution in [-0.4, -0.2) is 45.6 Å². The Morgan fingerprint density at radius 3 is 2.62 bits per heavy atom. The number of nitro groups is 1. The molecule has 0 amide bonds. The number of fused-ring (bicyclic) bond motifs is 1. The third-order valence-corrected chi connectivity index (χ3v) is 5.28. The largest absolute Gasteiger partial charge is 0.345 e. The van der Waals surface area contributed by atoms with Gasteiger partial charge in [0.05, 0.1) is 15.1 Å². The third-order valence-electron chi connectivity index (χ3n) is 4.20. The zero-order valence-corrected chi connectivity index (χ0v) is 13.9. The number of benzene rings is 1. The number of rotatable bonds is 3. The van der Waals surface area contributed by atoms with E-state index in [9.17, 15) is 10.1 Å². The van der Waals surface area contributed by atoms with Crippen molar-refractivity contribution in [3.05, 3.63) is 40.7 Å². The fourth-order valence-corrected chi connectivity index (χ4v) is 3.96. The number of imidazole rings is 1. The van der Waals surface area contributed by atoms with E-state index in [1.807, 2.05) is 24.0 Å². The molecule has 3 heterocycles. The highest BCUT2D eigenvalue weighted by Crippen LogP contribution is 2.32. The molecule has 0 saturated carbocycles. The molecule has 1 aliphatic heterocycles. The Balaban J connectivity index is 1.52. The summed E-state index contributed by atoms with van der Waals surface area (Å²) in [6, 6.07) is 4.82. The van der Waals surface area contributed by atoms with E-state index in [1.54, 1.807) is 12.1 Å². The highest BCUT2D eigenvalue weighted by Gasteiger charge is 2.22. The molecule has 4 rings (SSSR count). The first kappa shape index (κ1) is 14.9. The molecule has 1 fully saturated rings. The summed E-state index contributed by atoms with van der Waals surface area (Å²) in [7, 11) is 2.00. The third kappa shape index (κ3) is 2.56. The van der Waals surface area contributed by atoms with Crippen LogP contribution in [0.3, 0.4) is 0 Å². The molecule has 8 nitrogen and oxygen atoms in total. The molecule has 1 saturated heterocycles. The van der Waals surface area contributed by atoms with Gasteiger partial charge < -0.3 is 14.4 Å². The van der Waals surface area contributed by atoms with Crippen LogP contribution in [0.25, 0.3) is 10.2 Å². The minimum absolute atomic E-state index is 0.109. The second-order valence-corrected chi connectivity index (χ2v) is 6.73. The lowest BCUT2D eigenvalue weighted by molar-refractivity contribution is -0.384. The Morgan fingerprint density at radius 2 is 1.96 bits per heavy atom. The molecule has 0 radical (unpaired) electrons. The van der Waals surface area contributed by atoms with Gasteiger partial charge in [0.2, 0.25) is 5.95 Å². The first-order valence-electron chi connectivity index (χ1n) is 7.64. The molecule has 1 aliphatic rings. The van der Waals surface area contributed by atoms with E-state index in [-0.39, 0.29) is 10.6 Å². The van der Waals surface area contributed by atoms with Crippen molar-refractivity contribution in [3.63, 3.8) is 0 Å². The van der Waals surface area contributed by atoms with Crippen molar-refractivity contribution in [2.45, 2.75) is 0 Å². The van der Waals surface area contributed by atoms with E-state index in [0.29, 0.717) is 0 Å². The summed E-state index contributed by atoms with van der Waals surface area (Å²) < 4.78 is 2.87. The maximum absolute atomic E-state index is 10.9. The van der Waals surface area contributed by atoms with Gasteiger partial charge in [-0.2, -0.15) is 0 Å². The number of aryl methyl sites for hydroxylation is 1. The Kier molecular flexibility index (Phi) is 3.57. The lowest BCUT2D eigenvalue weighted by atomic mass is 10.3. The van der Waals surface area contributed by atoms with Crippen molar-refractivity contribution in [2.24, 2.45) is 7.05 Å². The molecule has 1 aromatic carbocycles. The molecular weight excluding hydrogens is 328 g/mol. The van der Waals surface area contributed by atoms with Crippen molar-refractivity contribution in [1.29, 1.82) is 0 Å². The molecule has 0 atom stereocenters. The Morgan fingerprint density at radius 1 is 1.21 bits per heavy atom. The molecule has 2 aromatic heterocycles. The van der Waals surface area contributed by atoms with Gasteiger partial charge in [-0.3, -0.25) is 10.1 Å². The number of nitrogens with zero attached hydrogens (tertiary/aromatic N) is 6. The van der Waals surface area contributed by atoms with E-state index >= 15 is 0 Å². The average Bonchev–Trinajstić information content (AvgIpc) is 3.20. The SMILES string of the molecule is Cn1ccnc1N1CCN(c2nc3ccc([N+](=O)[O-])cc3s2)CC1. The van der Waals surface area contributed by atoms with Crippen LogP contribution in [0.4, 0.5) is 16.8 Å². The zero-order valence-electron chi connectivity index (χ0n) is 13.1. The standard InChI is InChI=1S/C15H16N6O2S/c1-18-5-4-16-14(18)19-6-8-20(9-7-19)15-17-12-3-2-11(21(22)23)10-13(12)24-15/h2-5,10H,6-9H2,1H3. The lowest BCUT2D eigenvalue weighted by Gasteiger charge is -2.35. The highest BCUT2D eigenvalue weighted by molar-refractivity contribution is 7.22. The summed E-state index contributed by atoms with van der Waals surface area (Å²) in [5.74, 6) is 0.981. The van der Waals surface area contributed by atoms with Gasteiger partial charge in [0.1, 0.15) is 0 Å². The van der Waals surface area contributed by atoms with E-state index in [2.05, 4.69) is 19.8 Å². The average molecular weight is 344 g/mol. The van der Waals surface area contributed by atoms with Crippen LogP contribution in [0, 0.1) is 10.1 Å². The predicted molar refractivity (Wildman–Crippen MR) is 93.9 cm³/mol. The van der Waals surface area contributed by atoms with Crippen LogP contribution in [0.5, 0.6) is 0 Å². The summed E-state index contributed by atoms with van der Waals surface area (Å²) in [6.45, 7) is 3.46. The Labute approximate surface area is 142 Å². The van der Waals surface area contributed by atoms with Crippen molar-refractivity contribution in [1.82, 2.24) is 14.5 Å². The molecule has 0 N–H and O–H groups in total. The van der Waals surface area contributed by atoms with Crippen LogP contribution in [0.15, 0.2) is 30.6 Å². The van der Waals surface area contributed by atoms with Crippen LogP contribution in [0.2, 0.25) is 0 Å². The van der Waals surface area contributed by atoms with Gasteiger partial charge in [0.25, 0.3) is 5.69 Å². The van der Waals surface area contributed by atoms with E-state index in [0.717, 1.165) is 47.5 Å². The van der Waals surface area contributed by atoms with Crippen LogP contribution >= 0.6 is 11.3 Å². The minimum atomic E-state index is -0.371. The zero-order chi connectivity index (χ0) is 16.7. The first-order valence-corrected chi connectivity index (χ1v) is 8.46. The van der Waals surface area contributed by atoms with Gasteiger partial charge >= 0.3 is 0 Å². The number of hydrogen-bond donors (Lipinski definition) is 0. The summed E-state index contributed by atoms with van der Waals surface area (Å²) >= 11 is 1.51. The number of thiazole rings is 1. The van der Waals surface area contributed by atoms with Gasteiger partial charge in [-0.25, -0.2) is 9.97 Å². The molecule has 0 bridgehead atoms. The molecule has 0 aliphatic carbocycles. The summed E-state index contributed by atoms with van der Waals surface area (Å²) in [4.78, 5) is 24.0. The first-order chi connectivity index (χ1) is 11.6. The Bertz CT molecular complexity index is 896. The Hall–Kier alpha value is -2.68. The number of anilines is 2. The smallest absolute Gasteiger partial charge is 0.270 e. The molecule has 9 heteroatoms. The molecule has 124 valence electrons. The summed E-state index contributed by atoms with van der Waals surface area (Å²) in [5, 5.41) is 11.8. The molecule has 0 unspecified atom stereocenters. The second kappa shape index (κ2) is 5.75. The number of aromatic nitrogens is 3. The molecular formula is C15H16N6O2S. The van der Waals surface area contributed by atoms with Gasteiger partial charge in [0, 0.05) is 57.8 Å². The minimum Gasteiger partial charge on any atom is -0.345 e. The number of piperazine rings is 1. The lowest BCUT2D eigenvalue weighted by Crippen LogP contribution is -2.47. The maximum Gasteiger partial charge on any atom is 0.270 e. The van der Waals surface area contributed by atoms with Gasteiger partial charge in [0.15, 0.2) is 5.13 Å². The fourth-order valence-electron chi connectivity index (χ4n) is 2.91. The van der Waals surface area contributed by atoms with Crippen LogP contribution < -0.4 is 9.80 Å². The normalized spacial score (nSPS) is 15.2. The van der Waals surface area contributed by atoms with Gasteiger partial charge in [-0.05, 0) is 6.07 Å². The summed E-state index contributed by atoms with van der Waals surface area (Å²) in [5.41, 5.74) is 0.921. The maximum atomic E-state index is 10.9. The number of hydrogen-bond acceptors (Lipinski definition) is 7. The number of nitro benzene ring substituents is 1. The highest BCUT2D eigenvalue weighted by atomic mass is 32.1. The van der Waals surface area contributed by atoms with Gasteiger partial charge in [-0.1, -0.05) is 11.3 Å². The van der Waals surface area contributed by atoms with Crippen molar-refractivity contribution in [2.75, 3.05) is 36.0 Å². The quantitative estimate of drug-likeness (QED) is 0.535. The van der Waals surface area contributed by atoms with Crippen molar-refractivity contribution < 1.29 is 4.92 Å². The predicted octanol–water partition coefficient (Wildman–Crippen LogP) is 2.26. The fraction of sp³-hybridized carbons (Fsp3) is 0.333. The molecule has 3 aromatic rings. The van der Waals surface area contributed by atoms with Crippen molar-refractivity contribution >= 4 is 38.3 Å². The topological polar surface area (TPSA) is 80.3 Å². The second-order valence-electron chi connectivity index (χ2n) is 5.72. The monoisotopic (exact) mass is 344 g/mol. The van der Waals surface area contributed by atoms with Crippen LogP contribution in [0.1, 0.15) is 0 Å². The molecule has 24 heavy (non-hydrogen) atoms. The van der Waals surface area contributed by atoms with Gasteiger partial charge in [-0.15, -0.1) is 0 Å². The van der Waals surface area contributed by atoms with E-state index in [1.165, 1.54) is 17.4 Å². The van der Waals surface area contributed by atoms with E-state index < -0.39 is 0 Å².